The Morgan fingerprint density at radius 1 is 1.07 bits per heavy atom. The highest BCUT2D eigenvalue weighted by Crippen LogP contribution is 2.39. The van der Waals surface area contributed by atoms with Gasteiger partial charge in [0.05, 0.1) is 12.2 Å². The normalized spacial score (nSPS) is 25.9. The summed E-state index contributed by atoms with van der Waals surface area (Å²) in [5.74, 6) is 0.259. The maximum Gasteiger partial charge on any atom is 0.249 e. The van der Waals surface area contributed by atoms with Gasteiger partial charge in [0.15, 0.2) is 10.5 Å². The number of nitrogen functional groups attached to an aromatic ring is 1. The number of nitrogens with two attached hydrogens (primary N) is 1. The van der Waals surface area contributed by atoms with Crippen LogP contribution in [0, 0.1) is 0 Å². The van der Waals surface area contributed by atoms with Gasteiger partial charge in [-0.05, 0) is 26.7 Å². The average Bonchev–Trinajstić information content (AvgIpc) is 2.94. The lowest BCUT2D eigenvalue weighted by atomic mass is 9.95. The van der Waals surface area contributed by atoms with Crippen LogP contribution in [0.15, 0.2) is 17.3 Å². The highest BCUT2D eigenvalue weighted by atomic mass is 32.2. The first-order valence-electron chi connectivity index (χ1n) is 9.65. The van der Waals surface area contributed by atoms with Crippen molar-refractivity contribution in [3.8, 4) is 0 Å². The molecule has 2 fully saturated rings. The van der Waals surface area contributed by atoms with Crippen LogP contribution < -0.4 is 5.73 Å². The van der Waals surface area contributed by atoms with Gasteiger partial charge < -0.3 is 15.0 Å². The Balaban J connectivity index is 1.85. The van der Waals surface area contributed by atoms with E-state index in [1.54, 1.807) is 6.20 Å². The molecule has 0 bridgehead atoms. The third-order valence-corrected chi connectivity index (χ3v) is 7.43. The molecule has 148 valence electrons. The fourth-order valence-corrected chi connectivity index (χ4v) is 6.25. The van der Waals surface area contributed by atoms with Gasteiger partial charge in [-0.25, -0.2) is 18.4 Å². The van der Waals surface area contributed by atoms with E-state index in [0.717, 1.165) is 25.7 Å². The van der Waals surface area contributed by atoms with Gasteiger partial charge in [0, 0.05) is 31.5 Å². The molecular weight excluding hydrogens is 366 g/mol. The molecule has 0 amide bonds. The molecule has 1 aliphatic carbocycles. The molecule has 2 N–H and O–H groups in total. The van der Waals surface area contributed by atoms with Crippen LogP contribution in [-0.2, 0) is 14.8 Å². The minimum atomic E-state index is -3.80. The van der Waals surface area contributed by atoms with E-state index >= 15 is 0 Å². The number of hydrogen-bond donors (Lipinski definition) is 1. The number of sulfonamides is 1. The fraction of sp³-hybridized carbons (Fsp3) is 0.667. The summed E-state index contributed by atoms with van der Waals surface area (Å²) in [7, 11) is -3.80. The zero-order valence-corrected chi connectivity index (χ0v) is 16.7. The molecule has 0 radical (unpaired) electrons. The fourth-order valence-electron chi connectivity index (χ4n) is 4.43. The lowest BCUT2D eigenvalue weighted by Crippen LogP contribution is -2.48. The van der Waals surface area contributed by atoms with Crippen LogP contribution in [-0.4, -0.2) is 52.6 Å². The lowest BCUT2D eigenvalue weighted by Gasteiger charge is -2.34. The number of rotatable bonds is 3. The zero-order chi connectivity index (χ0) is 19.2. The number of anilines is 1. The average molecular weight is 394 g/mol. The molecule has 1 aliphatic heterocycles. The highest BCUT2D eigenvalue weighted by molar-refractivity contribution is 7.89. The number of aromatic nitrogens is 3. The quantitative estimate of drug-likeness (QED) is 0.858. The zero-order valence-electron chi connectivity index (χ0n) is 15.8. The van der Waals surface area contributed by atoms with Crippen LogP contribution in [0.2, 0.25) is 0 Å². The molecule has 8 nitrogen and oxygen atoms in total. The number of fused-ring (bicyclic) bond motifs is 1. The SMILES string of the molecule is CC1CN(S(=O)(=O)c2c(N)n(C3CCCCC3)c3nccnc23)C[C@@H](C)O1. The Kier molecular flexibility index (Phi) is 4.85. The van der Waals surface area contributed by atoms with Crippen molar-refractivity contribution >= 4 is 27.0 Å². The second-order valence-corrected chi connectivity index (χ2v) is 9.56. The lowest BCUT2D eigenvalue weighted by molar-refractivity contribution is -0.0440. The molecule has 2 aliphatic rings. The number of morpholine rings is 1. The molecule has 0 spiro atoms. The van der Waals surface area contributed by atoms with Crippen LogP contribution in [0.5, 0.6) is 0 Å². The minimum absolute atomic E-state index is 0.0949. The van der Waals surface area contributed by atoms with Gasteiger partial charge in [0.1, 0.15) is 11.3 Å². The number of nitrogens with zero attached hydrogens (tertiary/aromatic N) is 4. The summed E-state index contributed by atoms with van der Waals surface area (Å²) >= 11 is 0. The smallest absolute Gasteiger partial charge is 0.249 e. The van der Waals surface area contributed by atoms with E-state index in [1.807, 2.05) is 18.4 Å². The van der Waals surface area contributed by atoms with E-state index in [0.29, 0.717) is 24.3 Å². The number of hydrogen-bond acceptors (Lipinski definition) is 6. The molecular formula is C18H27N5O3S. The Labute approximate surface area is 159 Å². The first-order valence-corrected chi connectivity index (χ1v) is 11.1. The predicted octanol–water partition coefficient (Wildman–Crippen LogP) is 2.32. The maximum atomic E-state index is 13.5. The van der Waals surface area contributed by atoms with Crippen molar-refractivity contribution in [2.24, 2.45) is 0 Å². The van der Waals surface area contributed by atoms with E-state index in [1.165, 1.54) is 16.9 Å². The molecule has 27 heavy (non-hydrogen) atoms. The van der Waals surface area contributed by atoms with Crippen molar-refractivity contribution in [3.05, 3.63) is 12.4 Å². The molecule has 2 atom stereocenters. The summed E-state index contributed by atoms with van der Waals surface area (Å²) in [6, 6.07) is 0.171. The van der Waals surface area contributed by atoms with Crippen molar-refractivity contribution in [3.63, 3.8) is 0 Å². The summed E-state index contributed by atoms with van der Waals surface area (Å²) in [5.41, 5.74) is 7.39. The monoisotopic (exact) mass is 393 g/mol. The van der Waals surface area contributed by atoms with E-state index in [2.05, 4.69) is 9.97 Å². The van der Waals surface area contributed by atoms with Crippen molar-refractivity contribution in [2.75, 3.05) is 18.8 Å². The topological polar surface area (TPSA) is 103 Å². The van der Waals surface area contributed by atoms with Gasteiger partial charge >= 0.3 is 0 Å². The van der Waals surface area contributed by atoms with Crippen LogP contribution in [0.25, 0.3) is 11.2 Å². The van der Waals surface area contributed by atoms with Crippen LogP contribution >= 0.6 is 0 Å². The van der Waals surface area contributed by atoms with Crippen LogP contribution in [0.3, 0.4) is 0 Å². The minimum Gasteiger partial charge on any atom is -0.384 e. The van der Waals surface area contributed by atoms with Gasteiger partial charge in [-0.2, -0.15) is 4.31 Å². The summed E-state index contributed by atoms with van der Waals surface area (Å²) in [5, 5.41) is 0. The second kappa shape index (κ2) is 7.03. The van der Waals surface area contributed by atoms with Crippen LogP contribution in [0.4, 0.5) is 5.82 Å². The Bertz CT molecular complexity index is 926. The second-order valence-electron chi connectivity index (χ2n) is 7.68. The van der Waals surface area contributed by atoms with Gasteiger partial charge in [0.25, 0.3) is 0 Å². The van der Waals surface area contributed by atoms with E-state index in [4.69, 9.17) is 10.5 Å². The van der Waals surface area contributed by atoms with Crippen LogP contribution in [0.1, 0.15) is 52.0 Å². The van der Waals surface area contributed by atoms with Gasteiger partial charge in [-0.1, -0.05) is 19.3 Å². The molecule has 2 aromatic heterocycles. The third kappa shape index (κ3) is 3.21. The molecule has 1 saturated heterocycles. The molecule has 0 aromatic carbocycles. The molecule has 1 saturated carbocycles. The summed E-state index contributed by atoms with van der Waals surface area (Å²) in [4.78, 5) is 8.89. The highest BCUT2D eigenvalue weighted by Gasteiger charge is 2.38. The molecule has 2 aromatic rings. The van der Waals surface area contributed by atoms with E-state index < -0.39 is 10.0 Å². The third-order valence-electron chi connectivity index (χ3n) is 5.54. The summed E-state index contributed by atoms with van der Waals surface area (Å²) in [6.45, 7) is 4.38. The van der Waals surface area contributed by atoms with Crippen molar-refractivity contribution in [1.82, 2.24) is 18.8 Å². The Hall–Kier alpha value is -1.71. The van der Waals surface area contributed by atoms with Crippen molar-refractivity contribution < 1.29 is 13.2 Å². The summed E-state index contributed by atoms with van der Waals surface area (Å²) < 4.78 is 36.1. The summed E-state index contributed by atoms with van der Waals surface area (Å²) in [6.07, 6.45) is 8.19. The molecule has 3 heterocycles. The Morgan fingerprint density at radius 3 is 2.37 bits per heavy atom. The van der Waals surface area contributed by atoms with Crippen molar-refractivity contribution in [1.29, 1.82) is 0 Å². The predicted molar refractivity (Wildman–Crippen MR) is 103 cm³/mol. The Morgan fingerprint density at radius 2 is 1.70 bits per heavy atom. The molecule has 9 heteroatoms. The van der Waals surface area contributed by atoms with Crippen molar-refractivity contribution in [2.45, 2.75) is 69.1 Å². The molecule has 4 rings (SSSR count). The van der Waals surface area contributed by atoms with Gasteiger partial charge in [-0.3, -0.25) is 0 Å². The van der Waals surface area contributed by atoms with Gasteiger partial charge in [-0.15, -0.1) is 0 Å². The van der Waals surface area contributed by atoms with E-state index in [-0.39, 0.29) is 29.0 Å². The van der Waals surface area contributed by atoms with E-state index in [9.17, 15) is 8.42 Å². The first kappa shape index (κ1) is 18.6. The molecule has 1 unspecified atom stereocenters. The first-order chi connectivity index (χ1) is 12.9. The number of ether oxygens (including phenoxy) is 1. The maximum absolute atomic E-state index is 13.5. The standard InChI is InChI=1S/C18H27N5O3S/c1-12-10-22(11-13(2)26-12)27(24,25)16-15-18(21-9-8-20-15)23(17(16)19)14-6-4-3-5-7-14/h8-9,12-14H,3-7,10-11,19H2,1-2H3/t12-,13?/m1/s1. The largest absolute Gasteiger partial charge is 0.384 e. The van der Waals surface area contributed by atoms with Gasteiger partial charge in [0.2, 0.25) is 10.0 Å².